The molecule has 124 valence electrons. The highest BCUT2D eigenvalue weighted by molar-refractivity contribution is 7.89. The van der Waals surface area contributed by atoms with Gasteiger partial charge in [0.05, 0.1) is 5.75 Å². The SMILES string of the molecule is Cc1oc(=O)oc1COC(=O)c1ccc(CS(C)(=O)=O)cc1O. The summed E-state index contributed by atoms with van der Waals surface area (Å²) in [6.45, 7) is 1.15. The van der Waals surface area contributed by atoms with E-state index in [9.17, 15) is 23.1 Å². The van der Waals surface area contributed by atoms with Crippen molar-refractivity contribution < 1.29 is 31.9 Å². The summed E-state index contributed by atoms with van der Waals surface area (Å²) in [4.78, 5) is 22.8. The number of hydrogen-bond donors (Lipinski definition) is 1. The third-order valence-electron chi connectivity index (χ3n) is 2.88. The number of phenols is 1. The van der Waals surface area contributed by atoms with Crippen LogP contribution in [-0.2, 0) is 26.9 Å². The van der Waals surface area contributed by atoms with Crippen LogP contribution in [0.5, 0.6) is 5.75 Å². The smallest absolute Gasteiger partial charge is 0.507 e. The van der Waals surface area contributed by atoms with Gasteiger partial charge in [-0.3, -0.25) is 0 Å². The predicted octanol–water partition coefficient (Wildman–Crippen LogP) is 1.15. The summed E-state index contributed by atoms with van der Waals surface area (Å²) in [5.41, 5.74) is 0.212. The molecule has 0 aliphatic rings. The number of phenolic OH excluding ortho intramolecular Hbond substituents is 1. The first-order chi connectivity index (χ1) is 10.7. The number of carbonyl (C=O) groups is 1. The molecule has 1 aromatic heterocycles. The number of carbonyl (C=O) groups excluding carboxylic acids is 1. The van der Waals surface area contributed by atoms with E-state index in [-0.39, 0.29) is 29.4 Å². The zero-order valence-corrected chi connectivity index (χ0v) is 13.2. The fourth-order valence-corrected chi connectivity index (χ4v) is 2.64. The molecule has 2 rings (SSSR count). The van der Waals surface area contributed by atoms with E-state index in [0.29, 0.717) is 5.56 Å². The monoisotopic (exact) mass is 342 g/mol. The minimum absolute atomic E-state index is 0.0662. The van der Waals surface area contributed by atoms with E-state index in [1.807, 2.05) is 0 Å². The van der Waals surface area contributed by atoms with Crippen LogP contribution in [0.15, 0.2) is 31.8 Å². The van der Waals surface area contributed by atoms with Gasteiger partial charge in [0, 0.05) is 6.26 Å². The fraction of sp³-hybridized carbons (Fsp3) is 0.286. The van der Waals surface area contributed by atoms with Crippen molar-refractivity contribution >= 4 is 15.8 Å². The molecule has 1 N–H and O–H groups in total. The number of sulfone groups is 1. The summed E-state index contributed by atoms with van der Waals surface area (Å²) in [6, 6.07) is 3.85. The predicted molar refractivity (Wildman–Crippen MR) is 77.8 cm³/mol. The molecule has 0 amide bonds. The number of aromatic hydroxyl groups is 1. The summed E-state index contributed by atoms with van der Waals surface area (Å²) >= 11 is 0. The Balaban J connectivity index is 2.10. The van der Waals surface area contributed by atoms with E-state index < -0.39 is 27.4 Å². The third-order valence-corrected chi connectivity index (χ3v) is 3.74. The van der Waals surface area contributed by atoms with Crippen molar-refractivity contribution in [1.29, 1.82) is 0 Å². The van der Waals surface area contributed by atoms with Gasteiger partial charge in [0.1, 0.15) is 11.3 Å². The second-order valence-electron chi connectivity index (χ2n) is 4.93. The number of rotatable bonds is 5. The molecule has 0 unspecified atom stereocenters. The molecule has 0 atom stereocenters. The van der Waals surface area contributed by atoms with Gasteiger partial charge in [0.15, 0.2) is 28.0 Å². The average molecular weight is 342 g/mol. The van der Waals surface area contributed by atoms with Crippen LogP contribution in [0, 0.1) is 6.92 Å². The van der Waals surface area contributed by atoms with Crippen molar-refractivity contribution in [1.82, 2.24) is 0 Å². The lowest BCUT2D eigenvalue weighted by molar-refractivity contribution is 0.0439. The van der Waals surface area contributed by atoms with Crippen molar-refractivity contribution in [2.75, 3.05) is 6.26 Å². The minimum atomic E-state index is -3.26. The Morgan fingerprint density at radius 3 is 2.52 bits per heavy atom. The summed E-state index contributed by atoms with van der Waals surface area (Å²) in [5, 5.41) is 9.83. The van der Waals surface area contributed by atoms with E-state index in [2.05, 4.69) is 8.83 Å². The van der Waals surface area contributed by atoms with E-state index in [1.165, 1.54) is 25.1 Å². The highest BCUT2D eigenvalue weighted by Gasteiger charge is 2.17. The molecular formula is C14H14O8S. The Kier molecular flexibility index (Phi) is 4.60. The first-order valence-electron chi connectivity index (χ1n) is 6.42. The first-order valence-corrected chi connectivity index (χ1v) is 8.48. The lowest BCUT2D eigenvalue weighted by atomic mass is 10.1. The normalized spacial score (nSPS) is 11.4. The number of benzene rings is 1. The molecule has 0 saturated carbocycles. The lowest BCUT2D eigenvalue weighted by Gasteiger charge is -2.07. The highest BCUT2D eigenvalue weighted by Crippen LogP contribution is 2.21. The molecular weight excluding hydrogens is 328 g/mol. The zero-order valence-electron chi connectivity index (χ0n) is 12.4. The standard InChI is InChI=1S/C14H14O8S/c1-8-12(22-14(17)21-8)6-20-13(16)10-4-3-9(5-11(10)15)7-23(2,18)19/h3-5,15H,6-7H2,1-2H3. The topological polar surface area (TPSA) is 124 Å². The second-order valence-corrected chi connectivity index (χ2v) is 7.07. The van der Waals surface area contributed by atoms with Gasteiger partial charge in [-0.25, -0.2) is 18.0 Å². The van der Waals surface area contributed by atoms with Crippen LogP contribution in [0.3, 0.4) is 0 Å². The van der Waals surface area contributed by atoms with Crippen molar-refractivity contribution in [3.63, 3.8) is 0 Å². The maximum absolute atomic E-state index is 11.9. The quantitative estimate of drug-likeness (QED) is 0.802. The van der Waals surface area contributed by atoms with E-state index in [0.717, 1.165) is 6.26 Å². The van der Waals surface area contributed by atoms with Gasteiger partial charge in [-0.1, -0.05) is 6.07 Å². The summed E-state index contributed by atoms with van der Waals surface area (Å²) < 4.78 is 36.6. The van der Waals surface area contributed by atoms with E-state index in [1.54, 1.807) is 0 Å². The number of hydrogen-bond acceptors (Lipinski definition) is 8. The first kappa shape index (κ1) is 16.8. The van der Waals surface area contributed by atoms with Crippen molar-refractivity contribution in [2.45, 2.75) is 19.3 Å². The van der Waals surface area contributed by atoms with E-state index >= 15 is 0 Å². The second kappa shape index (κ2) is 6.29. The van der Waals surface area contributed by atoms with Gasteiger partial charge in [-0.2, -0.15) is 0 Å². The van der Waals surface area contributed by atoms with Gasteiger partial charge in [-0.05, 0) is 24.6 Å². The molecule has 0 radical (unpaired) electrons. The fourth-order valence-electron chi connectivity index (χ4n) is 1.86. The van der Waals surface area contributed by atoms with Gasteiger partial charge in [0.2, 0.25) is 0 Å². The van der Waals surface area contributed by atoms with Crippen LogP contribution in [-0.4, -0.2) is 25.7 Å². The average Bonchev–Trinajstić information content (AvgIpc) is 2.72. The highest BCUT2D eigenvalue weighted by atomic mass is 32.2. The molecule has 2 aromatic rings. The maximum Gasteiger partial charge on any atom is 0.519 e. The molecule has 23 heavy (non-hydrogen) atoms. The Bertz CT molecular complexity index is 888. The molecule has 0 bridgehead atoms. The van der Waals surface area contributed by atoms with Crippen molar-refractivity contribution in [3.8, 4) is 5.75 Å². The number of ether oxygens (including phenoxy) is 1. The summed E-state index contributed by atoms with van der Waals surface area (Å²) in [6.07, 6.45) is 1.06. The number of esters is 1. The van der Waals surface area contributed by atoms with Crippen molar-refractivity contribution in [2.24, 2.45) is 0 Å². The number of aryl methyl sites for hydroxylation is 1. The molecule has 0 saturated heterocycles. The largest absolute Gasteiger partial charge is 0.519 e. The molecule has 0 aliphatic heterocycles. The van der Waals surface area contributed by atoms with Crippen LogP contribution < -0.4 is 5.82 Å². The van der Waals surface area contributed by atoms with Gasteiger partial charge < -0.3 is 18.7 Å². The van der Waals surface area contributed by atoms with Gasteiger partial charge >= 0.3 is 11.8 Å². The minimum Gasteiger partial charge on any atom is -0.507 e. The van der Waals surface area contributed by atoms with Crippen LogP contribution in [0.1, 0.15) is 27.4 Å². The molecule has 1 aromatic carbocycles. The third kappa shape index (κ3) is 4.46. The van der Waals surface area contributed by atoms with Crippen LogP contribution in [0.4, 0.5) is 0 Å². The summed E-state index contributed by atoms with van der Waals surface area (Å²) in [5.74, 6) is -2.15. The van der Waals surface area contributed by atoms with Gasteiger partial charge in [-0.15, -0.1) is 0 Å². The van der Waals surface area contributed by atoms with Crippen LogP contribution in [0.25, 0.3) is 0 Å². The Hall–Kier alpha value is -2.55. The lowest BCUT2D eigenvalue weighted by Crippen LogP contribution is -2.07. The molecule has 0 fully saturated rings. The van der Waals surface area contributed by atoms with Gasteiger partial charge in [0.25, 0.3) is 0 Å². The molecule has 0 spiro atoms. The molecule has 9 heteroatoms. The van der Waals surface area contributed by atoms with Crippen LogP contribution in [0.2, 0.25) is 0 Å². The molecule has 8 nitrogen and oxygen atoms in total. The summed E-state index contributed by atoms with van der Waals surface area (Å²) in [7, 11) is -3.26. The van der Waals surface area contributed by atoms with Crippen molar-refractivity contribution in [3.05, 3.63) is 51.5 Å². The van der Waals surface area contributed by atoms with E-state index in [4.69, 9.17) is 4.74 Å². The zero-order chi connectivity index (χ0) is 17.2. The molecule has 1 heterocycles. The Labute approximate surface area is 131 Å². The maximum atomic E-state index is 11.9. The molecule has 0 aliphatic carbocycles. The Morgan fingerprint density at radius 1 is 1.30 bits per heavy atom. The Morgan fingerprint density at radius 2 is 2.00 bits per heavy atom. The van der Waals surface area contributed by atoms with Crippen LogP contribution >= 0.6 is 0 Å².